The summed E-state index contributed by atoms with van der Waals surface area (Å²) < 4.78 is 14.4. The molecular formula is C35H47N5O4S. The Morgan fingerprint density at radius 2 is 1.96 bits per heavy atom. The van der Waals surface area contributed by atoms with Gasteiger partial charge in [-0.15, -0.1) is 11.3 Å². The van der Waals surface area contributed by atoms with Gasteiger partial charge in [-0.05, 0) is 84.0 Å². The van der Waals surface area contributed by atoms with Gasteiger partial charge in [0.2, 0.25) is 0 Å². The Morgan fingerprint density at radius 3 is 2.58 bits per heavy atom. The molecule has 0 radical (unpaired) electrons. The van der Waals surface area contributed by atoms with Gasteiger partial charge in [-0.1, -0.05) is 6.07 Å². The summed E-state index contributed by atoms with van der Waals surface area (Å²) in [6.45, 7) is 17.1. The van der Waals surface area contributed by atoms with Crippen LogP contribution in [0.4, 0.5) is 4.79 Å². The Labute approximate surface area is 271 Å². The van der Waals surface area contributed by atoms with E-state index in [4.69, 9.17) is 19.4 Å². The third-order valence-electron chi connectivity index (χ3n) is 9.27. The van der Waals surface area contributed by atoms with Crippen molar-refractivity contribution in [2.45, 2.75) is 98.2 Å². The molecule has 0 bridgehead atoms. The first-order chi connectivity index (χ1) is 21.4. The Kier molecular flexibility index (Phi) is 8.52. The third kappa shape index (κ3) is 5.88. The van der Waals surface area contributed by atoms with Crippen LogP contribution in [-0.2, 0) is 35.7 Å². The third-order valence-corrected chi connectivity index (χ3v) is 10.2. The van der Waals surface area contributed by atoms with Crippen LogP contribution in [0.2, 0.25) is 0 Å². The van der Waals surface area contributed by atoms with Crippen LogP contribution in [0.1, 0.15) is 76.8 Å². The van der Waals surface area contributed by atoms with E-state index >= 15 is 0 Å². The van der Waals surface area contributed by atoms with Crippen LogP contribution >= 0.6 is 11.3 Å². The van der Waals surface area contributed by atoms with Crippen LogP contribution in [0.15, 0.2) is 34.7 Å². The molecule has 6 rings (SSSR count). The predicted molar refractivity (Wildman–Crippen MR) is 180 cm³/mol. The molecule has 0 saturated carbocycles. The lowest BCUT2D eigenvalue weighted by molar-refractivity contribution is -0.191. The summed E-state index contributed by atoms with van der Waals surface area (Å²) in [6, 6.07) is 9.26. The Hall–Kier alpha value is -3.34. The summed E-state index contributed by atoms with van der Waals surface area (Å²) in [6.07, 6.45) is 0.572. The van der Waals surface area contributed by atoms with E-state index in [0.29, 0.717) is 26.2 Å². The lowest BCUT2D eigenvalue weighted by Gasteiger charge is -2.30. The zero-order chi connectivity index (χ0) is 32.2. The van der Waals surface area contributed by atoms with Gasteiger partial charge in [-0.2, -0.15) is 10.2 Å². The van der Waals surface area contributed by atoms with Gasteiger partial charge in [0.15, 0.2) is 0 Å². The van der Waals surface area contributed by atoms with Crippen LogP contribution < -0.4 is 4.74 Å². The number of benzene rings is 1. The highest BCUT2D eigenvalue weighted by Gasteiger charge is 2.37. The number of hydrogen-bond donors (Lipinski definition) is 0. The summed E-state index contributed by atoms with van der Waals surface area (Å²) in [4.78, 5) is 23.3. The number of nitrogens with zero attached hydrogens (tertiary/aromatic N) is 5. The minimum atomic E-state index is -0.593. The molecule has 3 aliphatic heterocycles. The molecule has 242 valence electrons. The van der Waals surface area contributed by atoms with E-state index in [1.54, 1.807) is 18.4 Å². The average molecular weight is 634 g/mol. The van der Waals surface area contributed by atoms with Gasteiger partial charge in [-0.3, -0.25) is 9.85 Å². The topological polar surface area (TPSA) is 71.8 Å². The number of aromatic nitrogens is 1. The molecule has 2 atom stereocenters. The van der Waals surface area contributed by atoms with Crippen LogP contribution in [-0.4, -0.2) is 76.3 Å². The molecule has 3 aromatic rings. The number of carbonyl (C=O) groups is 1. The van der Waals surface area contributed by atoms with Crippen molar-refractivity contribution in [3.8, 4) is 27.4 Å². The van der Waals surface area contributed by atoms with Gasteiger partial charge < -0.3 is 18.9 Å². The fourth-order valence-electron chi connectivity index (χ4n) is 7.03. The van der Waals surface area contributed by atoms with Crippen molar-refractivity contribution in [1.29, 1.82) is 0 Å². The second-order valence-electron chi connectivity index (χ2n) is 13.7. The maximum atomic E-state index is 13.7. The van der Waals surface area contributed by atoms with Gasteiger partial charge in [-0.25, -0.2) is 4.79 Å². The van der Waals surface area contributed by atoms with Gasteiger partial charge >= 0.3 is 6.09 Å². The van der Waals surface area contributed by atoms with E-state index < -0.39 is 5.60 Å². The number of likely N-dealkylation sites (N-methyl/N-ethyl adjacent to an activating group) is 1. The zero-order valence-electron chi connectivity index (χ0n) is 28.1. The zero-order valence-corrected chi connectivity index (χ0v) is 29.0. The second-order valence-corrected chi connectivity index (χ2v) is 14.7. The Bertz CT molecular complexity index is 1600. The van der Waals surface area contributed by atoms with E-state index in [1.807, 2.05) is 37.8 Å². The first-order valence-electron chi connectivity index (χ1n) is 16.0. The Balaban J connectivity index is 1.57. The average Bonchev–Trinajstić information content (AvgIpc) is 3.67. The predicted octanol–water partition coefficient (Wildman–Crippen LogP) is 7.13. The van der Waals surface area contributed by atoms with Crippen molar-refractivity contribution in [3.05, 3.63) is 52.0 Å². The fraction of sp³-hybridized carbons (Fsp3) is 0.543. The fourth-order valence-corrected chi connectivity index (χ4v) is 7.82. The summed E-state index contributed by atoms with van der Waals surface area (Å²) in [5.41, 5.74) is 8.74. The van der Waals surface area contributed by atoms with Gasteiger partial charge in [0, 0.05) is 71.5 Å². The molecule has 0 saturated heterocycles. The molecule has 0 N–H and O–H groups in total. The first kappa shape index (κ1) is 31.6. The summed E-state index contributed by atoms with van der Waals surface area (Å²) in [5.74, 6) is 1.04. The molecule has 45 heavy (non-hydrogen) atoms. The number of rotatable bonds is 4. The molecule has 10 heteroatoms. The molecule has 3 aliphatic rings. The first-order valence-corrected chi connectivity index (χ1v) is 16.9. The van der Waals surface area contributed by atoms with Crippen molar-refractivity contribution in [2.75, 3.05) is 27.2 Å². The minimum Gasteiger partial charge on any atom is -0.496 e. The molecule has 1 amide bonds. The molecule has 2 unspecified atom stereocenters. The highest BCUT2D eigenvalue weighted by molar-refractivity contribution is 7.13. The van der Waals surface area contributed by atoms with E-state index in [0.717, 1.165) is 41.2 Å². The lowest BCUT2D eigenvalue weighted by Crippen LogP contribution is -2.42. The van der Waals surface area contributed by atoms with Crippen LogP contribution in [0.3, 0.4) is 0 Å². The molecule has 9 nitrogen and oxygen atoms in total. The van der Waals surface area contributed by atoms with Gasteiger partial charge in [0.1, 0.15) is 18.0 Å². The highest BCUT2D eigenvalue weighted by atomic mass is 32.1. The molecule has 0 fully saturated rings. The maximum Gasteiger partial charge on any atom is 0.410 e. The lowest BCUT2D eigenvalue weighted by atomic mass is 9.84. The largest absolute Gasteiger partial charge is 0.496 e. The highest BCUT2D eigenvalue weighted by Crippen LogP contribution is 2.48. The maximum absolute atomic E-state index is 13.7. The van der Waals surface area contributed by atoms with Crippen molar-refractivity contribution < 1.29 is 19.1 Å². The number of thiophene rings is 1. The molecule has 1 aromatic carbocycles. The van der Waals surface area contributed by atoms with Crippen molar-refractivity contribution in [2.24, 2.45) is 5.10 Å². The van der Waals surface area contributed by atoms with E-state index in [1.165, 1.54) is 27.3 Å². The van der Waals surface area contributed by atoms with E-state index in [-0.39, 0.29) is 24.1 Å². The van der Waals surface area contributed by atoms with Crippen LogP contribution in [0, 0.1) is 0 Å². The van der Waals surface area contributed by atoms with Crippen LogP contribution in [0.5, 0.6) is 5.75 Å². The number of amides is 1. The normalized spacial score (nSPS) is 20.6. The number of ether oxygens (including phenoxy) is 2. The van der Waals surface area contributed by atoms with Crippen LogP contribution in [0.25, 0.3) is 21.7 Å². The summed E-state index contributed by atoms with van der Waals surface area (Å²) in [7, 11) is 3.81. The Morgan fingerprint density at radius 1 is 1.18 bits per heavy atom. The summed E-state index contributed by atoms with van der Waals surface area (Å²) >= 11 is 1.73. The second kappa shape index (κ2) is 12.1. The monoisotopic (exact) mass is 633 g/mol. The smallest absolute Gasteiger partial charge is 0.410 e. The molecular weight excluding hydrogens is 586 g/mol. The van der Waals surface area contributed by atoms with E-state index in [9.17, 15) is 4.79 Å². The van der Waals surface area contributed by atoms with Crippen molar-refractivity contribution >= 4 is 23.1 Å². The minimum absolute atomic E-state index is 0.126. The van der Waals surface area contributed by atoms with Crippen molar-refractivity contribution in [3.63, 3.8) is 0 Å². The number of hydrogen-bond acceptors (Lipinski definition) is 8. The number of hydrazone groups is 1. The number of carbonyl (C=O) groups excluding carboxylic acids is 1. The molecule has 0 aliphatic carbocycles. The number of hydroxylamine groups is 2. The molecule has 0 spiro atoms. The van der Waals surface area contributed by atoms with Gasteiger partial charge in [0.05, 0.1) is 31.1 Å². The van der Waals surface area contributed by atoms with E-state index in [2.05, 4.69) is 66.9 Å². The quantitative estimate of drug-likeness (QED) is 0.304. The SMILES string of the molecule is COc1cc2c(cc1C1C(C)=NN(C)C1C)-c1c(-c3cccs3)c3c(n1CC2)CON(C(C)C)CCN(C(=O)OC(C)(C)C)C3. The van der Waals surface area contributed by atoms with Gasteiger partial charge in [0.25, 0.3) is 0 Å². The van der Waals surface area contributed by atoms with Crippen molar-refractivity contribution in [1.82, 2.24) is 19.5 Å². The molecule has 5 heterocycles. The standard InChI is InChI=1S/C35H47N5O4S/c1-21(2)40-15-14-38(34(41)44-35(5,6)7)19-27-28(20-43-40)39-13-12-24-17-29(42-9)26(31-22(3)36-37(8)23(31)4)18-25(24)33(39)32(27)30-11-10-16-45-30/h10-11,16-18,21,23,31H,12-15,19-20H2,1-9H3. The number of fused-ring (bicyclic) bond motifs is 5. The number of aryl methyl sites for hydroxylation is 1. The molecule has 2 aromatic heterocycles. The number of methoxy groups -OCH3 is 1. The summed E-state index contributed by atoms with van der Waals surface area (Å²) in [5, 5.41) is 11.0.